The van der Waals surface area contributed by atoms with Crippen LogP contribution in [0.25, 0.3) is 0 Å². The van der Waals surface area contributed by atoms with Crippen molar-refractivity contribution in [1.29, 1.82) is 0 Å². The average molecular weight is 264 g/mol. The summed E-state index contributed by atoms with van der Waals surface area (Å²) in [6, 6.07) is 6.05. The van der Waals surface area contributed by atoms with Crippen molar-refractivity contribution >= 4 is 5.91 Å². The van der Waals surface area contributed by atoms with Crippen LogP contribution in [0.4, 0.5) is 0 Å². The minimum atomic E-state index is -0.766. The zero-order chi connectivity index (χ0) is 13.7. The summed E-state index contributed by atoms with van der Waals surface area (Å²) >= 11 is 0. The number of carbonyl (C=O) groups is 1. The molecule has 1 aromatic rings. The van der Waals surface area contributed by atoms with E-state index < -0.39 is 6.10 Å². The number of carbonyl (C=O) groups excluding carboxylic acids is 1. The molecule has 1 aliphatic rings. The number of nitrogens with two attached hydrogens (primary N) is 1. The third kappa shape index (κ3) is 3.76. The molecule has 104 valence electrons. The van der Waals surface area contributed by atoms with Gasteiger partial charge in [-0.2, -0.15) is 0 Å². The van der Waals surface area contributed by atoms with E-state index in [1.807, 2.05) is 12.1 Å². The van der Waals surface area contributed by atoms with Gasteiger partial charge in [0.05, 0.1) is 25.7 Å². The van der Waals surface area contributed by atoms with E-state index in [1.165, 1.54) is 11.1 Å². The van der Waals surface area contributed by atoms with Crippen LogP contribution in [0.3, 0.4) is 0 Å². The first-order valence-corrected chi connectivity index (χ1v) is 6.53. The maximum atomic E-state index is 11.6. The van der Waals surface area contributed by atoms with E-state index in [4.69, 9.17) is 10.5 Å². The fraction of sp³-hybridized carbons (Fsp3) is 0.500. The zero-order valence-corrected chi connectivity index (χ0v) is 10.9. The lowest BCUT2D eigenvalue weighted by Gasteiger charge is -2.20. The molecule has 0 bridgehead atoms. The Morgan fingerprint density at radius 2 is 2.37 bits per heavy atom. The molecule has 0 saturated carbocycles. The summed E-state index contributed by atoms with van der Waals surface area (Å²) in [7, 11) is 0. The van der Waals surface area contributed by atoms with Crippen molar-refractivity contribution in [3.05, 3.63) is 34.9 Å². The van der Waals surface area contributed by atoms with Gasteiger partial charge < -0.3 is 20.9 Å². The van der Waals surface area contributed by atoms with Crippen LogP contribution < -0.4 is 11.1 Å². The Kier molecular flexibility index (Phi) is 4.90. The second-order valence-electron chi connectivity index (χ2n) is 4.73. The van der Waals surface area contributed by atoms with E-state index >= 15 is 0 Å². The highest BCUT2D eigenvalue weighted by Gasteiger charge is 2.14. The Balaban J connectivity index is 1.94. The van der Waals surface area contributed by atoms with Crippen molar-refractivity contribution in [3.63, 3.8) is 0 Å². The van der Waals surface area contributed by atoms with E-state index in [9.17, 15) is 9.90 Å². The lowest BCUT2D eigenvalue weighted by molar-refractivity contribution is -0.123. The Morgan fingerprint density at radius 1 is 1.53 bits per heavy atom. The van der Waals surface area contributed by atoms with Crippen LogP contribution in [-0.4, -0.2) is 30.3 Å². The van der Waals surface area contributed by atoms with E-state index in [0.717, 1.165) is 18.6 Å². The Morgan fingerprint density at radius 3 is 3.16 bits per heavy atom. The number of benzene rings is 1. The molecule has 19 heavy (non-hydrogen) atoms. The Hall–Kier alpha value is -1.43. The number of aliphatic hydroxyl groups excluding tert-OH is 1. The van der Waals surface area contributed by atoms with Crippen LogP contribution in [0.15, 0.2) is 18.2 Å². The molecule has 2 rings (SSSR count). The van der Waals surface area contributed by atoms with Crippen LogP contribution in [0.2, 0.25) is 0 Å². The second-order valence-corrected chi connectivity index (χ2v) is 4.73. The summed E-state index contributed by atoms with van der Waals surface area (Å²) in [5, 5.41) is 12.1. The number of aliphatic hydroxyl groups is 1. The number of fused-ring (bicyclic) bond motifs is 1. The molecule has 1 atom stereocenters. The summed E-state index contributed by atoms with van der Waals surface area (Å²) in [6.45, 7) is 1.96. The minimum Gasteiger partial charge on any atom is -0.391 e. The van der Waals surface area contributed by atoms with Crippen LogP contribution in [0.1, 0.15) is 23.1 Å². The van der Waals surface area contributed by atoms with Crippen LogP contribution in [-0.2, 0) is 29.1 Å². The van der Waals surface area contributed by atoms with Gasteiger partial charge in [0, 0.05) is 13.1 Å². The molecular weight excluding hydrogens is 244 g/mol. The van der Waals surface area contributed by atoms with E-state index in [-0.39, 0.29) is 18.9 Å². The molecule has 1 unspecified atom stereocenters. The molecule has 0 saturated heterocycles. The van der Waals surface area contributed by atoms with E-state index in [2.05, 4.69) is 11.4 Å². The lowest BCUT2D eigenvalue weighted by Crippen LogP contribution is -2.31. The summed E-state index contributed by atoms with van der Waals surface area (Å²) in [4.78, 5) is 11.6. The molecule has 0 fully saturated rings. The van der Waals surface area contributed by atoms with Gasteiger partial charge in [-0.05, 0) is 23.1 Å². The summed E-state index contributed by atoms with van der Waals surface area (Å²) in [5.41, 5.74) is 8.86. The molecule has 1 aliphatic heterocycles. The van der Waals surface area contributed by atoms with Gasteiger partial charge in [-0.15, -0.1) is 0 Å². The standard InChI is InChI=1S/C14H20N2O3/c15-7-12(17)6-14(18)16-8-10-2-1-3-11-9-19-5-4-13(10)11/h1-3,12,17H,4-9,15H2,(H,16,18). The Labute approximate surface area is 112 Å². The van der Waals surface area contributed by atoms with Gasteiger partial charge in [-0.25, -0.2) is 0 Å². The fourth-order valence-electron chi connectivity index (χ4n) is 2.23. The first-order valence-electron chi connectivity index (χ1n) is 6.53. The maximum absolute atomic E-state index is 11.6. The monoisotopic (exact) mass is 264 g/mol. The highest BCUT2D eigenvalue weighted by atomic mass is 16.5. The first-order chi connectivity index (χ1) is 9.20. The third-order valence-corrected chi connectivity index (χ3v) is 3.29. The van der Waals surface area contributed by atoms with Crippen molar-refractivity contribution in [2.45, 2.75) is 32.1 Å². The van der Waals surface area contributed by atoms with Crippen molar-refractivity contribution in [2.24, 2.45) is 5.73 Å². The quantitative estimate of drug-likeness (QED) is 0.703. The normalized spacial score (nSPS) is 15.7. The zero-order valence-electron chi connectivity index (χ0n) is 10.9. The molecule has 1 heterocycles. The molecular formula is C14H20N2O3. The molecule has 1 amide bonds. The maximum Gasteiger partial charge on any atom is 0.222 e. The van der Waals surface area contributed by atoms with Crippen molar-refractivity contribution < 1.29 is 14.6 Å². The van der Waals surface area contributed by atoms with Crippen LogP contribution in [0.5, 0.6) is 0 Å². The van der Waals surface area contributed by atoms with Crippen molar-refractivity contribution in [3.8, 4) is 0 Å². The van der Waals surface area contributed by atoms with Gasteiger partial charge in [0.1, 0.15) is 0 Å². The van der Waals surface area contributed by atoms with Gasteiger partial charge >= 0.3 is 0 Å². The molecule has 1 aromatic carbocycles. The Bertz CT molecular complexity index is 448. The van der Waals surface area contributed by atoms with Gasteiger partial charge in [-0.3, -0.25) is 4.79 Å². The molecule has 5 heteroatoms. The summed E-state index contributed by atoms with van der Waals surface area (Å²) < 4.78 is 5.41. The van der Waals surface area contributed by atoms with Gasteiger partial charge in [-0.1, -0.05) is 18.2 Å². The van der Waals surface area contributed by atoms with Gasteiger partial charge in [0.2, 0.25) is 5.91 Å². The van der Waals surface area contributed by atoms with E-state index in [0.29, 0.717) is 13.2 Å². The predicted molar refractivity (Wildman–Crippen MR) is 71.3 cm³/mol. The summed E-state index contributed by atoms with van der Waals surface area (Å²) in [6.07, 6.45) is 0.166. The van der Waals surface area contributed by atoms with Crippen LogP contribution >= 0.6 is 0 Å². The number of ether oxygens (including phenoxy) is 1. The highest BCUT2D eigenvalue weighted by molar-refractivity contribution is 5.76. The second kappa shape index (κ2) is 6.65. The SMILES string of the molecule is NCC(O)CC(=O)NCc1cccc2c1CCOC2. The number of hydrogen-bond donors (Lipinski definition) is 3. The molecule has 5 nitrogen and oxygen atoms in total. The molecule has 4 N–H and O–H groups in total. The van der Waals surface area contributed by atoms with Gasteiger partial charge in [0.25, 0.3) is 0 Å². The lowest BCUT2D eigenvalue weighted by atomic mass is 9.97. The molecule has 0 aliphatic carbocycles. The largest absolute Gasteiger partial charge is 0.391 e. The molecule has 0 aromatic heterocycles. The topological polar surface area (TPSA) is 84.6 Å². The van der Waals surface area contributed by atoms with Crippen LogP contribution in [0, 0.1) is 0 Å². The number of rotatable bonds is 5. The molecule has 0 radical (unpaired) electrons. The minimum absolute atomic E-state index is 0.0502. The number of nitrogens with one attached hydrogen (secondary N) is 1. The van der Waals surface area contributed by atoms with Gasteiger partial charge in [0.15, 0.2) is 0 Å². The van der Waals surface area contributed by atoms with Crippen molar-refractivity contribution in [1.82, 2.24) is 5.32 Å². The van der Waals surface area contributed by atoms with E-state index in [1.54, 1.807) is 0 Å². The average Bonchev–Trinajstić information content (AvgIpc) is 2.44. The fourth-order valence-corrected chi connectivity index (χ4v) is 2.23. The van der Waals surface area contributed by atoms with Crippen molar-refractivity contribution in [2.75, 3.05) is 13.2 Å². The summed E-state index contributed by atoms with van der Waals surface area (Å²) in [5.74, 6) is -0.178. The smallest absolute Gasteiger partial charge is 0.222 e. The predicted octanol–water partition coefficient (Wildman–Crippen LogP) is 0.0852. The molecule has 0 spiro atoms. The highest BCUT2D eigenvalue weighted by Crippen LogP contribution is 2.20. The number of hydrogen-bond acceptors (Lipinski definition) is 4. The third-order valence-electron chi connectivity index (χ3n) is 3.29. The first kappa shape index (κ1) is 14.0. The number of amides is 1.